The monoisotopic (exact) mass is 372 g/mol. The van der Waals surface area contributed by atoms with E-state index in [1.54, 1.807) is 26.8 Å². The first-order valence-corrected chi connectivity index (χ1v) is 9.27. The van der Waals surface area contributed by atoms with Gasteiger partial charge in [0.05, 0.1) is 11.3 Å². The number of rotatable bonds is 5. The van der Waals surface area contributed by atoms with E-state index in [-0.39, 0.29) is 11.9 Å². The zero-order chi connectivity index (χ0) is 20.0. The molecule has 7 nitrogen and oxygen atoms in total. The molecule has 0 unspecified atom stereocenters. The van der Waals surface area contributed by atoms with Gasteiger partial charge in [0.2, 0.25) is 5.91 Å². The van der Waals surface area contributed by atoms with Crippen LogP contribution in [0.1, 0.15) is 46.1 Å². The number of amides is 2. The van der Waals surface area contributed by atoms with E-state index >= 15 is 0 Å². The van der Waals surface area contributed by atoms with E-state index in [4.69, 9.17) is 4.74 Å². The van der Waals surface area contributed by atoms with Gasteiger partial charge in [0.15, 0.2) is 0 Å². The van der Waals surface area contributed by atoms with E-state index in [9.17, 15) is 14.9 Å². The van der Waals surface area contributed by atoms with Crippen molar-refractivity contribution in [1.82, 2.24) is 10.6 Å². The second kappa shape index (κ2) is 8.76. The fraction of sp³-hybridized carbons (Fsp3) is 0.550. The number of benzene rings is 1. The maximum Gasteiger partial charge on any atom is 0.408 e. The highest BCUT2D eigenvalue weighted by Crippen LogP contribution is 2.24. The van der Waals surface area contributed by atoms with Gasteiger partial charge in [-0.1, -0.05) is 19.1 Å². The van der Waals surface area contributed by atoms with E-state index in [2.05, 4.69) is 21.6 Å². The zero-order valence-electron chi connectivity index (χ0n) is 16.4. The average Bonchev–Trinajstić information content (AvgIpc) is 3.06. The van der Waals surface area contributed by atoms with Crippen molar-refractivity contribution in [2.24, 2.45) is 0 Å². The van der Waals surface area contributed by atoms with Crippen LogP contribution in [0.3, 0.4) is 0 Å². The summed E-state index contributed by atoms with van der Waals surface area (Å²) in [6.45, 7) is 8.57. The van der Waals surface area contributed by atoms with Crippen molar-refractivity contribution in [3.8, 4) is 6.07 Å². The van der Waals surface area contributed by atoms with Crippen molar-refractivity contribution in [1.29, 1.82) is 5.26 Å². The highest BCUT2D eigenvalue weighted by atomic mass is 16.6. The van der Waals surface area contributed by atoms with Gasteiger partial charge in [-0.2, -0.15) is 5.26 Å². The van der Waals surface area contributed by atoms with Crippen molar-refractivity contribution < 1.29 is 14.3 Å². The molecule has 0 aliphatic carbocycles. The fourth-order valence-corrected chi connectivity index (χ4v) is 3.05. The Morgan fingerprint density at radius 3 is 2.70 bits per heavy atom. The molecule has 1 saturated heterocycles. The number of nitrogens with zero attached hydrogens (tertiary/aromatic N) is 2. The molecule has 1 aliphatic heterocycles. The lowest BCUT2D eigenvalue weighted by Crippen LogP contribution is -2.50. The molecule has 7 heteroatoms. The number of alkyl carbamates (subject to hydrolysis) is 1. The van der Waals surface area contributed by atoms with Crippen molar-refractivity contribution in [3.05, 3.63) is 29.8 Å². The van der Waals surface area contributed by atoms with Gasteiger partial charge in [-0.15, -0.1) is 0 Å². The molecule has 2 atom stereocenters. The molecule has 1 aromatic rings. The lowest BCUT2D eigenvalue weighted by molar-refractivity contribution is -0.123. The van der Waals surface area contributed by atoms with Gasteiger partial charge in [0.25, 0.3) is 0 Å². The first kappa shape index (κ1) is 20.6. The van der Waals surface area contributed by atoms with Gasteiger partial charge in [-0.3, -0.25) is 4.79 Å². The highest BCUT2D eigenvalue weighted by molar-refractivity contribution is 5.86. The van der Waals surface area contributed by atoms with Crippen molar-refractivity contribution >= 4 is 17.7 Å². The van der Waals surface area contributed by atoms with Gasteiger partial charge in [0.1, 0.15) is 17.7 Å². The smallest absolute Gasteiger partial charge is 0.408 e. The molecule has 1 aliphatic rings. The van der Waals surface area contributed by atoms with Crippen LogP contribution >= 0.6 is 0 Å². The lowest BCUT2D eigenvalue weighted by atomic mass is 10.1. The van der Waals surface area contributed by atoms with Gasteiger partial charge < -0.3 is 20.3 Å². The van der Waals surface area contributed by atoms with Crippen LogP contribution in [0.4, 0.5) is 10.5 Å². The molecular weight excluding hydrogens is 344 g/mol. The van der Waals surface area contributed by atoms with Crippen LogP contribution in [0.25, 0.3) is 0 Å². The van der Waals surface area contributed by atoms with Gasteiger partial charge >= 0.3 is 6.09 Å². The highest BCUT2D eigenvalue weighted by Gasteiger charge is 2.29. The first-order chi connectivity index (χ1) is 12.7. The van der Waals surface area contributed by atoms with E-state index < -0.39 is 17.7 Å². The lowest BCUT2D eigenvalue weighted by Gasteiger charge is -2.24. The molecule has 0 spiro atoms. The van der Waals surface area contributed by atoms with E-state index in [1.807, 2.05) is 25.1 Å². The number of carbonyl (C=O) groups is 2. The molecule has 27 heavy (non-hydrogen) atoms. The molecule has 0 aromatic heterocycles. The number of hydrogen-bond donors (Lipinski definition) is 2. The van der Waals surface area contributed by atoms with Crippen LogP contribution in [0.5, 0.6) is 0 Å². The first-order valence-electron chi connectivity index (χ1n) is 9.27. The SMILES string of the molecule is CC[C@H](NC(=O)OC(C)(C)C)C(=O)N[C@H]1CCN(c2ccccc2C#N)C1. The topological polar surface area (TPSA) is 94.5 Å². The van der Waals surface area contributed by atoms with Crippen LogP contribution in [0.2, 0.25) is 0 Å². The third kappa shape index (κ3) is 5.88. The Labute approximate surface area is 160 Å². The minimum absolute atomic E-state index is 0.0289. The Morgan fingerprint density at radius 1 is 1.37 bits per heavy atom. The number of hydrogen-bond acceptors (Lipinski definition) is 5. The summed E-state index contributed by atoms with van der Waals surface area (Å²) in [4.78, 5) is 26.6. The van der Waals surface area contributed by atoms with Crippen LogP contribution in [-0.2, 0) is 9.53 Å². The minimum Gasteiger partial charge on any atom is -0.444 e. The maximum atomic E-state index is 12.5. The van der Waals surface area contributed by atoms with Gasteiger partial charge in [-0.05, 0) is 45.7 Å². The number of ether oxygens (including phenoxy) is 1. The Bertz CT molecular complexity index is 721. The summed E-state index contributed by atoms with van der Waals surface area (Å²) in [6.07, 6.45) is 0.660. The molecule has 1 aromatic carbocycles. The van der Waals surface area contributed by atoms with Crippen LogP contribution in [-0.4, -0.2) is 42.8 Å². The minimum atomic E-state index is -0.639. The predicted molar refractivity (Wildman–Crippen MR) is 103 cm³/mol. The molecule has 1 fully saturated rings. The largest absolute Gasteiger partial charge is 0.444 e. The number of carbonyl (C=O) groups excluding carboxylic acids is 2. The standard InChI is InChI=1S/C20H28N4O3/c1-5-16(23-19(26)27-20(2,3)4)18(25)22-15-10-11-24(13-15)17-9-7-6-8-14(17)12-21/h6-9,15-16H,5,10-11,13H2,1-4H3,(H,22,25)(H,23,26)/t15-,16-/m0/s1. The molecule has 146 valence electrons. The van der Waals surface area contributed by atoms with Crippen molar-refractivity contribution in [2.45, 2.75) is 58.2 Å². The molecule has 0 bridgehead atoms. The number of nitriles is 1. The Balaban J connectivity index is 1.92. The molecule has 0 radical (unpaired) electrons. The molecule has 0 saturated carbocycles. The Morgan fingerprint density at radius 2 is 2.07 bits per heavy atom. The number of para-hydroxylation sites is 1. The third-order valence-electron chi connectivity index (χ3n) is 4.32. The molecule has 2 amide bonds. The second-order valence-corrected chi connectivity index (χ2v) is 7.68. The summed E-state index contributed by atoms with van der Waals surface area (Å²) in [7, 11) is 0. The van der Waals surface area contributed by atoms with E-state index in [0.29, 0.717) is 18.5 Å². The van der Waals surface area contributed by atoms with Crippen LogP contribution < -0.4 is 15.5 Å². The zero-order valence-corrected chi connectivity index (χ0v) is 16.4. The number of anilines is 1. The summed E-state index contributed by atoms with van der Waals surface area (Å²) in [6, 6.07) is 8.99. The molecular formula is C20H28N4O3. The summed E-state index contributed by atoms with van der Waals surface area (Å²) in [5.74, 6) is -0.219. The van der Waals surface area contributed by atoms with Crippen molar-refractivity contribution in [2.75, 3.05) is 18.0 Å². The molecule has 1 heterocycles. The molecule has 2 rings (SSSR count). The van der Waals surface area contributed by atoms with Crippen LogP contribution in [0, 0.1) is 11.3 Å². The summed E-state index contributed by atoms with van der Waals surface area (Å²) >= 11 is 0. The fourth-order valence-electron chi connectivity index (χ4n) is 3.05. The summed E-state index contributed by atoms with van der Waals surface area (Å²) in [5, 5.41) is 14.9. The summed E-state index contributed by atoms with van der Waals surface area (Å²) in [5.41, 5.74) is 0.900. The molecule has 2 N–H and O–H groups in total. The predicted octanol–water partition coefficient (Wildman–Crippen LogP) is 2.56. The second-order valence-electron chi connectivity index (χ2n) is 7.68. The maximum absolute atomic E-state index is 12.5. The Hall–Kier alpha value is -2.75. The number of nitrogens with one attached hydrogen (secondary N) is 2. The summed E-state index contributed by atoms with van der Waals surface area (Å²) < 4.78 is 5.22. The quantitative estimate of drug-likeness (QED) is 0.828. The Kier molecular flexibility index (Phi) is 6.67. The van der Waals surface area contributed by atoms with Crippen LogP contribution in [0.15, 0.2) is 24.3 Å². The van der Waals surface area contributed by atoms with E-state index in [0.717, 1.165) is 18.7 Å². The van der Waals surface area contributed by atoms with Gasteiger partial charge in [-0.25, -0.2) is 4.79 Å². The van der Waals surface area contributed by atoms with Crippen molar-refractivity contribution in [3.63, 3.8) is 0 Å². The normalized spacial score (nSPS) is 17.7. The third-order valence-corrected chi connectivity index (χ3v) is 4.32. The van der Waals surface area contributed by atoms with Gasteiger partial charge in [0, 0.05) is 19.1 Å². The average molecular weight is 372 g/mol. The van der Waals surface area contributed by atoms with E-state index in [1.165, 1.54) is 0 Å².